The van der Waals surface area contributed by atoms with Gasteiger partial charge >= 0.3 is 7.25 Å². The summed E-state index contributed by atoms with van der Waals surface area (Å²) in [5, 5.41) is 2.25. The zero-order chi connectivity index (χ0) is 11.8. The van der Waals surface area contributed by atoms with Crippen LogP contribution in [0, 0.1) is 0 Å². The smallest absolute Gasteiger partial charge is 0.418 e. The number of rotatable bonds is 3. The number of halogens is 4. The molecule has 0 aliphatic rings. The molecular formula is C7H16BF4NS. The maximum Gasteiger partial charge on any atom is 0.673 e. The second-order valence-electron chi connectivity index (χ2n) is 2.72. The van der Waals surface area contributed by atoms with Gasteiger partial charge < -0.3 is 22.2 Å². The first kappa shape index (κ1) is 16.1. The monoisotopic (exact) mass is 233 g/mol. The summed E-state index contributed by atoms with van der Waals surface area (Å²) >= 11 is 0. The highest BCUT2D eigenvalue weighted by Crippen LogP contribution is 2.06. The molecule has 0 amide bonds. The van der Waals surface area contributed by atoms with E-state index in [4.69, 9.17) is 0 Å². The standard InChI is InChI=1S/C7H16NS.BF4/c1-5-9(4)7-6-8(2)3;2-1(3,4)5/h6-7H,5H2,1-4H3;/q+1;-1/b7-6+;. The first-order chi connectivity index (χ1) is 6.16. The van der Waals surface area contributed by atoms with Crippen molar-refractivity contribution in [2.75, 3.05) is 26.1 Å². The summed E-state index contributed by atoms with van der Waals surface area (Å²) in [6.45, 7) is 2.21. The first-order valence-corrected chi connectivity index (χ1v) is 5.86. The van der Waals surface area contributed by atoms with Crippen LogP contribution >= 0.6 is 0 Å². The summed E-state index contributed by atoms with van der Waals surface area (Å²) < 4.78 is 39.0. The maximum atomic E-state index is 9.75. The second kappa shape index (κ2) is 8.02. The Balaban J connectivity index is 0. The van der Waals surface area contributed by atoms with Gasteiger partial charge in [-0.25, -0.2) is 0 Å². The van der Waals surface area contributed by atoms with Crippen LogP contribution in [0.15, 0.2) is 11.6 Å². The van der Waals surface area contributed by atoms with Crippen molar-refractivity contribution in [1.29, 1.82) is 0 Å². The van der Waals surface area contributed by atoms with E-state index in [1.807, 2.05) is 14.1 Å². The normalized spacial score (nSPS) is 13.4. The number of hydrogen-bond acceptors (Lipinski definition) is 1. The third-order valence-corrected chi connectivity index (χ3v) is 2.54. The molecule has 0 aromatic carbocycles. The van der Waals surface area contributed by atoms with E-state index >= 15 is 0 Å². The summed E-state index contributed by atoms with van der Waals surface area (Å²) in [6.07, 6.45) is 4.37. The van der Waals surface area contributed by atoms with E-state index in [9.17, 15) is 17.3 Å². The van der Waals surface area contributed by atoms with Crippen molar-refractivity contribution in [3.05, 3.63) is 11.6 Å². The lowest BCUT2D eigenvalue weighted by atomic mass is 10.3. The minimum Gasteiger partial charge on any atom is -0.418 e. The molecule has 0 spiro atoms. The molecule has 0 aromatic heterocycles. The second-order valence-corrected chi connectivity index (χ2v) is 4.95. The van der Waals surface area contributed by atoms with Crippen LogP contribution in [0.5, 0.6) is 0 Å². The van der Waals surface area contributed by atoms with Crippen molar-refractivity contribution in [2.24, 2.45) is 0 Å². The number of nitrogens with zero attached hydrogens (tertiary/aromatic N) is 1. The van der Waals surface area contributed by atoms with E-state index in [0.29, 0.717) is 10.9 Å². The van der Waals surface area contributed by atoms with Gasteiger partial charge in [-0.1, -0.05) is 0 Å². The van der Waals surface area contributed by atoms with Gasteiger partial charge in [-0.2, -0.15) is 0 Å². The molecule has 0 aliphatic heterocycles. The SMILES string of the molecule is CC[S+](C)/C=C/N(C)C.F[B-](F)(F)F. The highest BCUT2D eigenvalue weighted by Gasteiger charge is 2.20. The van der Waals surface area contributed by atoms with Crippen molar-refractivity contribution < 1.29 is 17.3 Å². The molecule has 0 heterocycles. The molecule has 0 radical (unpaired) electrons. The van der Waals surface area contributed by atoms with Crippen LogP contribution in [0.1, 0.15) is 6.92 Å². The summed E-state index contributed by atoms with van der Waals surface area (Å²) in [4.78, 5) is 2.07. The number of hydrogen-bond donors (Lipinski definition) is 0. The Bertz CT molecular complexity index is 154. The molecule has 0 bridgehead atoms. The van der Waals surface area contributed by atoms with Gasteiger partial charge in [0.05, 0.1) is 0 Å². The van der Waals surface area contributed by atoms with Gasteiger partial charge in [0.25, 0.3) is 0 Å². The fraction of sp³-hybridized carbons (Fsp3) is 0.714. The quantitative estimate of drug-likeness (QED) is 0.411. The van der Waals surface area contributed by atoms with Crippen LogP contribution in [-0.2, 0) is 10.9 Å². The van der Waals surface area contributed by atoms with E-state index in [-0.39, 0.29) is 0 Å². The summed E-state index contributed by atoms with van der Waals surface area (Å²) in [5.74, 6) is 1.25. The Hall–Kier alpha value is -0.325. The van der Waals surface area contributed by atoms with Crippen LogP contribution in [0.2, 0.25) is 0 Å². The minimum atomic E-state index is -6.00. The highest BCUT2D eigenvalue weighted by molar-refractivity contribution is 7.98. The molecule has 0 N–H and O–H groups in total. The Kier molecular flexibility index (Phi) is 9.24. The molecule has 0 aromatic rings. The van der Waals surface area contributed by atoms with E-state index in [2.05, 4.69) is 29.7 Å². The van der Waals surface area contributed by atoms with Crippen molar-refractivity contribution in [3.8, 4) is 0 Å². The van der Waals surface area contributed by atoms with E-state index in [1.54, 1.807) is 0 Å². The predicted molar refractivity (Wildman–Crippen MR) is 56.8 cm³/mol. The Morgan fingerprint density at radius 1 is 1.21 bits per heavy atom. The third-order valence-electron chi connectivity index (χ3n) is 1.05. The van der Waals surface area contributed by atoms with Gasteiger partial charge in [0.15, 0.2) is 0 Å². The van der Waals surface area contributed by atoms with Crippen LogP contribution in [0.3, 0.4) is 0 Å². The van der Waals surface area contributed by atoms with Crippen molar-refractivity contribution in [3.63, 3.8) is 0 Å². The van der Waals surface area contributed by atoms with Gasteiger partial charge in [0, 0.05) is 31.2 Å². The molecule has 1 nitrogen and oxygen atoms in total. The van der Waals surface area contributed by atoms with Crippen LogP contribution in [-0.4, -0.2) is 38.3 Å². The Morgan fingerprint density at radius 3 is 1.79 bits per heavy atom. The van der Waals surface area contributed by atoms with E-state index < -0.39 is 7.25 Å². The lowest BCUT2D eigenvalue weighted by Gasteiger charge is -2.01. The third kappa shape index (κ3) is 29.9. The largest absolute Gasteiger partial charge is 0.673 e. The molecule has 1 atom stereocenters. The average Bonchev–Trinajstić information content (AvgIpc) is 1.96. The summed E-state index contributed by atoms with van der Waals surface area (Å²) in [6, 6.07) is 0. The van der Waals surface area contributed by atoms with Gasteiger partial charge in [0.1, 0.15) is 17.4 Å². The van der Waals surface area contributed by atoms with Crippen LogP contribution in [0.4, 0.5) is 17.3 Å². The lowest BCUT2D eigenvalue weighted by Crippen LogP contribution is -2.03. The average molecular weight is 233 g/mol. The summed E-state index contributed by atoms with van der Waals surface area (Å²) in [5.41, 5.74) is 0. The first-order valence-electron chi connectivity index (χ1n) is 4.00. The molecule has 1 unspecified atom stereocenters. The van der Waals surface area contributed by atoms with Gasteiger partial charge in [-0.05, 0) is 6.92 Å². The van der Waals surface area contributed by atoms with Gasteiger partial charge in [-0.3, -0.25) is 0 Å². The topological polar surface area (TPSA) is 3.24 Å². The molecule has 0 fully saturated rings. The molecular weight excluding hydrogens is 217 g/mol. The molecule has 86 valence electrons. The highest BCUT2D eigenvalue weighted by atomic mass is 32.2. The Morgan fingerprint density at radius 2 is 1.57 bits per heavy atom. The summed E-state index contributed by atoms with van der Waals surface area (Å²) in [7, 11) is -1.43. The zero-order valence-corrected chi connectivity index (χ0v) is 9.62. The van der Waals surface area contributed by atoms with Crippen molar-refractivity contribution in [1.82, 2.24) is 4.90 Å². The fourth-order valence-electron chi connectivity index (χ4n) is 0.322. The van der Waals surface area contributed by atoms with Crippen LogP contribution < -0.4 is 0 Å². The van der Waals surface area contributed by atoms with Gasteiger partial charge in [-0.15, -0.1) is 0 Å². The predicted octanol–water partition coefficient (Wildman–Crippen LogP) is 2.59. The zero-order valence-electron chi connectivity index (χ0n) is 8.81. The molecule has 0 rings (SSSR count). The molecule has 14 heavy (non-hydrogen) atoms. The molecule has 0 aliphatic carbocycles. The maximum absolute atomic E-state index is 9.75. The van der Waals surface area contributed by atoms with Crippen molar-refractivity contribution >= 4 is 18.1 Å². The lowest BCUT2D eigenvalue weighted by molar-refractivity contribution is 0.368. The van der Waals surface area contributed by atoms with E-state index in [0.717, 1.165) is 0 Å². The van der Waals surface area contributed by atoms with E-state index in [1.165, 1.54) is 5.75 Å². The van der Waals surface area contributed by atoms with Crippen molar-refractivity contribution in [2.45, 2.75) is 6.92 Å². The van der Waals surface area contributed by atoms with Gasteiger partial charge in [0.2, 0.25) is 0 Å². The fourth-order valence-corrected chi connectivity index (χ4v) is 0.965. The Labute approximate surface area is 85.6 Å². The minimum absolute atomic E-state index is 0.480. The molecule has 0 saturated heterocycles. The molecule has 0 saturated carbocycles. The van der Waals surface area contributed by atoms with Crippen LogP contribution in [0.25, 0.3) is 0 Å². The molecule has 7 heteroatoms.